The van der Waals surface area contributed by atoms with Crippen LogP contribution in [0.25, 0.3) is 0 Å². The summed E-state index contributed by atoms with van der Waals surface area (Å²) in [6.45, 7) is -0.0205. The molecular weight excluding hydrogens is 432 g/mol. The quantitative estimate of drug-likeness (QED) is 0.413. The Balaban J connectivity index is 1.59. The SMILES string of the molecule is CN(C(=O)c1ccccc1C(=O)OCCOc1ccc(S(N)(=O)=O)cc1)c1ccccc1. The number of sulfonamides is 1. The van der Waals surface area contributed by atoms with Gasteiger partial charge in [-0.05, 0) is 48.5 Å². The molecule has 0 bridgehead atoms. The molecular formula is C23H22N2O6S. The Hall–Kier alpha value is -3.69. The number of rotatable bonds is 8. The van der Waals surface area contributed by atoms with Gasteiger partial charge < -0.3 is 14.4 Å². The van der Waals surface area contributed by atoms with Crippen LogP contribution in [0.5, 0.6) is 5.75 Å². The van der Waals surface area contributed by atoms with Crippen molar-refractivity contribution in [3.63, 3.8) is 0 Å². The van der Waals surface area contributed by atoms with Crippen LogP contribution in [-0.2, 0) is 14.8 Å². The fourth-order valence-electron chi connectivity index (χ4n) is 2.89. The van der Waals surface area contributed by atoms with Crippen molar-refractivity contribution in [2.24, 2.45) is 5.14 Å². The van der Waals surface area contributed by atoms with Crippen molar-refractivity contribution in [2.75, 3.05) is 25.2 Å². The summed E-state index contributed by atoms with van der Waals surface area (Å²) in [5.41, 5.74) is 1.07. The highest BCUT2D eigenvalue weighted by atomic mass is 32.2. The van der Waals surface area contributed by atoms with E-state index < -0.39 is 16.0 Å². The van der Waals surface area contributed by atoms with E-state index in [1.165, 1.54) is 35.2 Å². The summed E-state index contributed by atoms with van der Waals surface area (Å²) in [4.78, 5) is 26.9. The van der Waals surface area contributed by atoms with Gasteiger partial charge in [0.15, 0.2) is 0 Å². The third kappa shape index (κ3) is 5.71. The van der Waals surface area contributed by atoms with E-state index in [-0.39, 0.29) is 35.1 Å². The van der Waals surface area contributed by atoms with E-state index in [9.17, 15) is 18.0 Å². The fourth-order valence-corrected chi connectivity index (χ4v) is 3.41. The Bertz CT molecular complexity index is 1190. The monoisotopic (exact) mass is 454 g/mol. The van der Waals surface area contributed by atoms with E-state index in [2.05, 4.69) is 0 Å². The number of nitrogens with two attached hydrogens (primary N) is 1. The van der Waals surface area contributed by atoms with E-state index >= 15 is 0 Å². The Kier molecular flexibility index (Phi) is 7.24. The van der Waals surface area contributed by atoms with Gasteiger partial charge in [-0.3, -0.25) is 4.79 Å². The van der Waals surface area contributed by atoms with Gasteiger partial charge in [-0.1, -0.05) is 30.3 Å². The van der Waals surface area contributed by atoms with Crippen LogP contribution in [-0.4, -0.2) is 40.6 Å². The Morgan fingerprint density at radius 3 is 2.06 bits per heavy atom. The highest BCUT2D eigenvalue weighted by Crippen LogP contribution is 2.18. The summed E-state index contributed by atoms with van der Waals surface area (Å²) < 4.78 is 33.2. The molecule has 8 nitrogen and oxygen atoms in total. The third-order valence-electron chi connectivity index (χ3n) is 4.56. The number of nitrogens with zero attached hydrogens (tertiary/aromatic N) is 1. The van der Waals surface area contributed by atoms with Crippen LogP contribution < -0.4 is 14.8 Å². The van der Waals surface area contributed by atoms with Crippen molar-refractivity contribution in [3.05, 3.63) is 90.0 Å². The van der Waals surface area contributed by atoms with Crippen molar-refractivity contribution in [1.29, 1.82) is 0 Å². The average Bonchev–Trinajstić information content (AvgIpc) is 2.81. The van der Waals surface area contributed by atoms with Crippen molar-refractivity contribution in [2.45, 2.75) is 4.90 Å². The Labute approximate surface area is 186 Å². The normalized spacial score (nSPS) is 10.9. The summed E-state index contributed by atoms with van der Waals surface area (Å²) >= 11 is 0. The van der Waals surface area contributed by atoms with Gasteiger partial charge in [0.05, 0.1) is 16.0 Å². The molecule has 1 amide bonds. The highest BCUT2D eigenvalue weighted by molar-refractivity contribution is 7.89. The molecule has 2 N–H and O–H groups in total. The second-order valence-corrected chi connectivity index (χ2v) is 8.31. The standard InChI is InChI=1S/C23H22N2O6S/c1-25(17-7-3-2-4-8-17)22(26)20-9-5-6-10-21(20)23(27)31-16-15-30-18-11-13-19(14-12-18)32(24,28)29/h2-14H,15-16H2,1H3,(H2,24,28,29). The number of amides is 1. The molecule has 0 saturated carbocycles. The van der Waals surface area contributed by atoms with E-state index in [1.807, 2.05) is 18.2 Å². The smallest absolute Gasteiger partial charge is 0.339 e. The lowest BCUT2D eigenvalue weighted by atomic mass is 10.1. The number of carbonyl (C=O) groups is 2. The van der Waals surface area contributed by atoms with Gasteiger partial charge in [0.2, 0.25) is 10.0 Å². The first-order valence-electron chi connectivity index (χ1n) is 9.62. The zero-order valence-corrected chi connectivity index (χ0v) is 18.1. The maximum Gasteiger partial charge on any atom is 0.339 e. The second-order valence-electron chi connectivity index (χ2n) is 6.75. The molecule has 9 heteroatoms. The Morgan fingerprint density at radius 1 is 0.844 bits per heavy atom. The molecule has 0 saturated heterocycles. The van der Waals surface area contributed by atoms with E-state index in [0.29, 0.717) is 11.4 Å². The van der Waals surface area contributed by atoms with Gasteiger partial charge in [0.25, 0.3) is 5.91 Å². The maximum absolute atomic E-state index is 12.9. The summed E-state index contributed by atoms with van der Waals surface area (Å²) in [6, 6.07) is 21.1. The molecule has 0 aliphatic rings. The van der Waals surface area contributed by atoms with Crippen molar-refractivity contribution >= 4 is 27.6 Å². The molecule has 0 atom stereocenters. The molecule has 0 aliphatic carbocycles. The molecule has 32 heavy (non-hydrogen) atoms. The maximum atomic E-state index is 12.9. The Morgan fingerprint density at radius 2 is 1.44 bits per heavy atom. The molecule has 0 heterocycles. The van der Waals surface area contributed by atoms with Crippen LogP contribution in [0.3, 0.4) is 0 Å². The van der Waals surface area contributed by atoms with Gasteiger partial charge >= 0.3 is 5.97 Å². The number of ether oxygens (including phenoxy) is 2. The summed E-state index contributed by atoms with van der Waals surface area (Å²) in [7, 11) is -2.14. The predicted octanol–water partition coefficient (Wildman–Crippen LogP) is 2.85. The molecule has 0 aliphatic heterocycles. The van der Waals surface area contributed by atoms with E-state index in [4.69, 9.17) is 14.6 Å². The lowest BCUT2D eigenvalue weighted by Gasteiger charge is -2.18. The summed E-state index contributed by atoms with van der Waals surface area (Å²) in [6.07, 6.45) is 0. The lowest BCUT2D eigenvalue weighted by molar-refractivity contribution is 0.0447. The number of hydrogen-bond acceptors (Lipinski definition) is 6. The van der Waals surface area contributed by atoms with E-state index in [1.54, 1.807) is 37.4 Å². The van der Waals surface area contributed by atoms with Crippen LogP contribution in [0, 0.1) is 0 Å². The van der Waals surface area contributed by atoms with Crippen LogP contribution >= 0.6 is 0 Å². The first-order chi connectivity index (χ1) is 15.3. The van der Waals surface area contributed by atoms with Crippen molar-refractivity contribution in [1.82, 2.24) is 0 Å². The van der Waals surface area contributed by atoms with Crippen LogP contribution in [0.4, 0.5) is 5.69 Å². The molecule has 3 aromatic carbocycles. The second kappa shape index (κ2) is 10.1. The molecule has 0 fully saturated rings. The molecule has 0 radical (unpaired) electrons. The summed E-state index contributed by atoms with van der Waals surface area (Å²) in [5.74, 6) is -0.591. The van der Waals surface area contributed by atoms with E-state index in [0.717, 1.165) is 0 Å². The van der Waals surface area contributed by atoms with Gasteiger partial charge in [0.1, 0.15) is 19.0 Å². The van der Waals surface area contributed by atoms with Gasteiger partial charge in [-0.15, -0.1) is 0 Å². The zero-order chi connectivity index (χ0) is 23.1. The van der Waals surface area contributed by atoms with Crippen molar-refractivity contribution < 1.29 is 27.5 Å². The van der Waals surface area contributed by atoms with Gasteiger partial charge in [0, 0.05) is 12.7 Å². The minimum Gasteiger partial charge on any atom is -0.490 e. The fraction of sp³-hybridized carbons (Fsp3) is 0.130. The number of carbonyl (C=O) groups excluding carboxylic acids is 2. The molecule has 3 rings (SSSR count). The third-order valence-corrected chi connectivity index (χ3v) is 5.49. The number of anilines is 1. The lowest BCUT2D eigenvalue weighted by Crippen LogP contribution is -2.28. The number of para-hydroxylation sites is 1. The number of hydrogen-bond donors (Lipinski definition) is 1. The molecule has 3 aromatic rings. The molecule has 166 valence electrons. The molecule has 0 aromatic heterocycles. The minimum atomic E-state index is -3.78. The first-order valence-corrected chi connectivity index (χ1v) is 11.2. The predicted molar refractivity (Wildman–Crippen MR) is 119 cm³/mol. The largest absolute Gasteiger partial charge is 0.490 e. The molecule has 0 spiro atoms. The number of esters is 1. The number of primary sulfonamides is 1. The van der Waals surface area contributed by atoms with Gasteiger partial charge in [-0.2, -0.15) is 0 Å². The van der Waals surface area contributed by atoms with Crippen LogP contribution in [0.15, 0.2) is 83.8 Å². The van der Waals surface area contributed by atoms with Gasteiger partial charge in [-0.25, -0.2) is 18.4 Å². The topological polar surface area (TPSA) is 116 Å². The zero-order valence-electron chi connectivity index (χ0n) is 17.3. The highest BCUT2D eigenvalue weighted by Gasteiger charge is 2.21. The average molecular weight is 455 g/mol. The first kappa shape index (κ1) is 23.0. The minimum absolute atomic E-state index is 0.0296. The van der Waals surface area contributed by atoms with Crippen LogP contribution in [0.1, 0.15) is 20.7 Å². The van der Waals surface area contributed by atoms with Crippen LogP contribution in [0.2, 0.25) is 0 Å². The number of benzene rings is 3. The molecule has 0 unspecified atom stereocenters. The summed E-state index contributed by atoms with van der Waals surface area (Å²) in [5, 5.41) is 5.05. The van der Waals surface area contributed by atoms with Crippen molar-refractivity contribution in [3.8, 4) is 5.75 Å².